The molecule has 1 aromatic carbocycles. The van der Waals surface area contributed by atoms with Crippen LogP contribution in [0.3, 0.4) is 0 Å². The van der Waals surface area contributed by atoms with Crippen molar-refractivity contribution in [2.24, 2.45) is 51.2 Å². The lowest BCUT2D eigenvalue weighted by atomic mass is 9.33. The van der Waals surface area contributed by atoms with E-state index in [1.54, 1.807) is 5.57 Å². The van der Waals surface area contributed by atoms with Gasteiger partial charge in [-0.2, -0.15) is 5.26 Å². The summed E-state index contributed by atoms with van der Waals surface area (Å²) in [7, 11) is 0. The summed E-state index contributed by atoms with van der Waals surface area (Å²) in [6, 6.07) is 14.6. The number of allylic oxidation sites excluding steroid dienone is 2. The SMILES string of the molecule is CCOc1nc2c(cc1C#N)C[C@]1(C)[C@H](CC[C@@]3(C)[C@H]1CC=C1[C@@H]4[C@@H](C)[C@@H](C)CC[C@]4(C(=O)OCc4ccccc4)CC[C@]13C)C2(C)C. The molecule has 48 heavy (non-hydrogen) atoms. The molecule has 0 aliphatic heterocycles. The fourth-order valence-electron chi connectivity index (χ4n) is 12.6. The molecule has 3 saturated carbocycles. The molecule has 0 spiro atoms. The second kappa shape index (κ2) is 11.5. The number of nitriles is 1. The van der Waals surface area contributed by atoms with E-state index in [0.29, 0.717) is 48.3 Å². The van der Waals surface area contributed by atoms with Gasteiger partial charge in [-0.05, 0) is 121 Å². The largest absolute Gasteiger partial charge is 0.477 e. The van der Waals surface area contributed by atoms with Gasteiger partial charge < -0.3 is 9.47 Å². The fourth-order valence-corrected chi connectivity index (χ4v) is 12.6. The number of esters is 1. The van der Waals surface area contributed by atoms with E-state index in [9.17, 15) is 10.1 Å². The highest BCUT2D eigenvalue weighted by Crippen LogP contribution is 2.75. The smallest absolute Gasteiger partial charge is 0.313 e. The molecule has 1 aromatic heterocycles. The molecule has 0 amide bonds. The first-order valence-electron chi connectivity index (χ1n) is 18.8. The molecule has 7 rings (SSSR count). The number of aromatic nitrogens is 1. The van der Waals surface area contributed by atoms with Crippen LogP contribution >= 0.6 is 0 Å². The molecule has 0 N–H and O–H groups in total. The van der Waals surface area contributed by atoms with Crippen molar-refractivity contribution < 1.29 is 14.3 Å². The highest BCUT2D eigenvalue weighted by molar-refractivity contribution is 5.79. The first-order valence-corrected chi connectivity index (χ1v) is 18.8. The molecule has 3 fully saturated rings. The first-order chi connectivity index (χ1) is 22.8. The summed E-state index contributed by atoms with van der Waals surface area (Å²) < 4.78 is 12.1. The van der Waals surface area contributed by atoms with Crippen LogP contribution in [0.15, 0.2) is 48.0 Å². The Kier molecular flexibility index (Phi) is 7.97. The number of hydrogen-bond acceptors (Lipinski definition) is 5. The molecular weight excluding hydrogens is 592 g/mol. The van der Waals surface area contributed by atoms with Crippen molar-refractivity contribution in [1.29, 1.82) is 5.26 Å². The minimum absolute atomic E-state index is 0.0163. The average molecular weight is 649 g/mol. The Labute approximate surface area is 288 Å². The van der Waals surface area contributed by atoms with Gasteiger partial charge in [0.05, 0.1) is 17.7 Å². The number of nitrogens with zero attached hydrogens (tertiary/aromatic N) is 2. The Morgan fingerprint density at radius 2 is 1.75 bits per heavy atom. The first kappa shape index (κ1) is 33.4. The Morgan fingerprint density at radius 3 is 2.46 bits per heavy atom. The third kappa shape index (κ3) is 4.53. The van der Waals surface area contributed by atoms with E-state index in [0.717, 1.165) is 56.2 Å². The van der Waals surface area contributed by atoms with Crippen LogP contribution in [0.4, 0.5) is 0 Å². The zero-order valence-electron chi connectivity index (χ0n) is 30.6. The van der Waals surface area contributed by atoms with E-state index in [4.69, 9.17) is 14.5 Å². The topological polar surface area (TPSA) is 72.2 Å². The summed E-state index contributed by atoms with van der Waals surface area (Å²) in [5.41, 5.74) is 5.12. The minimum Gasteiger partial charge on any atom is -0.477 e. The lowest BCUT2D eigenvalue weighted by Crippen LogP contribution is -2.65. The van der Waals surface area contributed by atoms with Crippen molar-refractivity contribution in [3.63, 3.8) is 0 Å². The zero-order valence-corrected chi connectivity index (χ0v) is 30.6. The number of fused-ring (bicyclic) bond motifs is 8. The van der Waals surface area contributed by atoms with Crippen molar-refractivity contribution in [1.82, 2.24) is 4.98 Å². The maximum absolute atomic E-state index is 14.4. The van der Waals surface area contributed by atoms with Crippen molar-refractivity contribution in [2.45, 2.75) is 119 Å². The molecule has 5 nitrogen and oxygen atoms in total. The van der Waals surface area contributed by atoms with E-state index >= 15 is 0 Å². The maximum atomic E-state index is 14.4. The van der Waals surface area contributed by atoms with Crippen LogP contribution in [-0.2, 0) is 28.0 Å². The molecule has 2 aromatic rings. The van der Waals surface area contributed by atoms with Gasteiger partial charge in [0.1, 0.15) is 18.2 Å². The number of carbonyl (C=O) groups is 1. The second-order valence-electron chi connectivity index (χ2n) is 17.7. The van der Waals surface area contributed by atoms with E-state index in [2.05, 4.69) is 66.7 Å². The predicted molar refractivity (Wildman–Crippen MR) is 189 cm³/mol. The molecule has 5 aliphatic rings. The summed E-state index contributed by atoms with van der Waals surface area (Å²) in [6.07, 6.45) is 10.9. The summed E-state index contributed by atoms with van der Waals surface area (Å²) in [4.78, 5) is 19.4. The van der Waals surface area contributed by atoms with Crippen LogP contribution in [0.1, 0.15) is 123 Å². The second-order valence-corrected chi connectivity index (χ2v) is 17.7. The lowest BCUT2D eigenvalue weighted by Gasteiger charge is -2.71. The summed E-state index contributed by atoms with van der Waals surface area (Å²) in [5.74, 6) is 2.71. The number of pyridine rings is 1. The summed E-state index contributed by atoms with van der Waals surface area (Å²) >= 11 is 0. The predicted octanol–water partition coefficient (Wildman–Crippen LogP) is 9.77. The van der Waals surface area contributed by atoms with E-state index in [-0.39, 0.29) is 33.5 Å². The monoisotopic (exact) mass is 648 g/mol. The summed E-state index contributed by atoms with van der Waals surface area (Å²) in [6.45, 7) is 20.2. The normalized spacial score (nSPS) is 39.2. The Balaban J connectivity index is 1.27. The Bertz CT molecular complexity index is 1670. The number of rotatable bonds is 5. The lowest BCUT2D eigenvalue weighted by molar-refractivity contribution is -0.184. The van der Waals surface area contributed by atoms with Gasteiger partial charge in [0, 0.05) is 5.41 Å². The van der Waals surface area contributed by atoms with Crippen molar-refractivity contribution in [3.05, 3.63) is 70.4 Å². The average Bonchev–Trinajstić information content (AvgIpc) is 3.06. The van der Waals surface area contributed by atoms with Crippen molar-refractivity contribution in [2.75, 3.05) is 6.61 Å². The van der Waals surface area contributed by atoms with Crippen LogP contribution < -0.4 is 4.74 Å². The van der Waals surface area contributed by atoms with Gasteiger partial charge >= 0.3 is 5.97 Å². The highest BCUT2D eigenvalue weighted by atomic mass is 16.5. The van der Waals surface area contributed by atoms with Crippen LogP contribution in [-0.4, -0.2) is 17.6 Å². The van der Waals surface area contributed by atoms with Gasteiger partial charge in [0.25, 0.3) is 0 Å². The van der Waals surface area contributed by atoms with E-state index in [1.807, 2.05) is 37.3 Å². The van der Waals surface area contributed by atoms with Gasteiger partial charge in [0.2, 0.25) is 5.88 Å². The fraction of sp³-hybridized carbons (Fsp3) is 0.651. The number of hydrogen-bond donors (Lipinski definition) is 0. The van der Waals surface area contributed by atoms with Gasteiger partial charge in [0.15, 0.2) is 0 Å². The molecule has 5 heteroatoms. The molecule has 0 saturated heterocycles. The van der Waals surface area contributed by atoms with Crippen LogP contribution in [0, 0.1) is 62.6 Å². The van der Waals surface area contributed by atoms with Gasteiger partial charge in [-0.1, -0.05) is 90.4 Å². The molecule has 0 unspecified atom stereocenters. The number of carbonyl (C=O) groups excluding carboxylic acids is 1. The zero-order chi connectivity index (χ0) is 34.3. The Morgan fingerprint density at radius 1 is 1.00 bits per heavy atom. The quantitative estimate of drug-likeness (QED) is 0.238. The summed E-state index contributed by atoms with van der Waals surface area (Å²) in [5, 5.41) is 10.0. The van der Waals surface area contributed by atoms with E-state index < -0.39 is 5.41 Å². The molecule has 0 bridgehead atoms. The van der Waals surface area contributed by atoms with Crippen LogP contribution in [0.25, 0.3) is 0 Å². The van der Waals surface area contributed by atoms with Crippen molar-refractivity contribution >= 4 is 5.97 Å². The maximum Gasteiger partial charge on any atom is 0.313 e. The third-order valence-corrected chi connectivity index (χ3v) is 15.4. The van der Waals surface area contributed by atoms with Crippen LogP contribution in [0.5, 0.6) is 5.88 Å². The highest BCUT2D eigenvalue weighted by Gasteiger charge is 2.69. The number of benzene rings is 1. The van der Waals surface area contributed by atoms with Crippen LogP contribution in [0.2, 0.25) is 0 Å². The molecular formula is C43H56N2O3. The standard InChI is InChI=1S/C43H56N2O3/c1-9-47-37-31(25-44)23-30-24-40(6)33(39(4,5)36(30)45-37)18-19-42(8)34(40)16-15-32-35-28(3)27(2)17-20-43(35,22-21-41(32,42)7)38(46)48-26-29-13-11-10-12-14-29/h10-15,23,27-28,33-35H,9,16-22,24,26H2,1-8H3/t27-,28-,33+,34-,35-,40+,41+,42-,43-/m0/s1. The minimum atomic E-state index is -0.445. The van der Waals surface area contributed by atoms with Gasteiger partial charge in [-0.15, -0.1) is 0 Å². The van der Waals surface area contributed by atoms with Gasteiger partial charge in [-0.3, -0.25) is 4.79 Å². The van der Waals surface area contributed by atoms with E-state index in [1.165, 1.54) is 12.0 Å². The molecule has 5 aliphatic carbocycles. The number of ether oxygens (including phenoxy) is 2. The third-order valence-electron chi connectivity index (χ3n) is 15.4. The molecule has 256 valence electrons. The molecule has 0 radical (unpaired) electrons. The van der Waals surface area contributed by atoms with Crippen molar-refractivity contribution in [3.8, 4) is 11.9 Å². The van der Waals surface area contributed by atoms with Gasteiger partial charge in [-0.25, -0.2) is 4.98 Å². The molecule has 9 atom stereocenters. The molecule has 1 heterocycles. The Hall–Kier alpha value is -3.13.